The first-order valence-corrected chi connectivity index (χ1v) is 9.59. The van der Waals surface area contributed by atoms with Crippen molar-refractivity contribution in [3.05, 3.63) is 53.7 Å². The zero-order valence-corrected chi connectivity index (χ0v) is 17.5. The van der Waals surface area contributed by atoms with Gasteiger partial charge in [0.05, 0.1) is 19.3 Å². The smallest absolute Gasteiger partial charge is 0.416 e. The summed E-state index contributed by atoms with van der Waals surface area (Å²) in [6.45, 7) is 1.35. The molecule has 2 aromatic carbocycles. The lowest BCUT2D eigenvalue weighted by Crippen LogP contribution is -2.20. The number of aromatic nitrogens is 3. The number of aromatic amines is 1. The Morgan fingerprint density at radius 1 is 1.09 bits per heavy atom. The molecule has 0 saturated carbocycles. The number of carbonyl (C=O) groups excluding carboxylic acids is 2. The molecule has 0 atom stereocenters. The van der Waals surface area contributed by atoms with Crippen LogP contribution in [0.1, 0.15) is 23.0 Å². The van der Waals surface area contributed by atoms with E-state index in [4.69, 9.17) is 14.2 Å². The van der Waals surface area contributed by atoms with Crippen molar-refractivity contribution in [2.45, 2.75) is 13.1 Å². The summed E-state index contributed by atoms with van der Waals surface area (Å²) < 4.78 is 54.1. The maximum atomic E-state index is 12.8. The van der Waals surface area contributed by atoms with Crippen LogP contribution in [0, 0.1) is 0 Å². The minimum atomic E-state index is -4.52. The fourth-order valence-electron chi connectivity index (χ4n) is 2.82. The van der Waals surface area contributed by atoms with E-state index < -0.39 is 30.2 Å². The molecular formula is C21H19F3N4O5. The van der Waals surface area contributed by atoms with Gasteiger partial charge in [0.1, 0.15) is 5.69 Å². The highest BCUT2D eigenvalue weighted by atomic mass is 19.4. The molecule has 0 spiro atoms. The molecular weight excluding hydrogens is 445 g/mol. The third-order valence-electron chi connectivity index (χ3n) is 4.29. The Bertz CT molecular complexity index is 1150. The Morgan fingerprint density at radius 2 is 1.88 bits per heavy atom. The number of halogens is 3. The first-order chi connectivity index (χ1) is 15.7. The Hall–Kier alpha value is -4.09. The molecule has 0 aliphatic heterocycles. The number of rotatable bonds is 8. The molecule has 3 rings (SSSR count). The van der Waals surface area contributed by atoms with Crippen LogP contribution in [0.15, 0.2) is 42.5 Å². The highest BCUT2D eigenvalue weighted by Gasteiger charge is 2.30. The van der Waals surface area contributed by atoms with E-state index in [-0.39, 0.29) is 35.2 Å². The van der Waals surface area contributed by atoms with Gasteiger partial charge in [-0.2, -0.15) is 23.5 Å². The van der Waals surface area contributed by atoms with Gasteiger partial charge in [-0.15, -0.1) is 5.10 Å². The SMILES string of the molecule is CCOC(=O)c1n[nH]nc1-c1ccc(OCC(=O)Nc2cccc(C(F)(F)F)c2)c(OC)c1. The average molecular weight is 464 g/mol. The number of anilines is 1. The van der Waals surface area contributed by atoms with Crippen LogP contribution in [0.4, 0.5) is 18.9 Å². The number of alkyl halides is 3. The van der Waals surface area contributed by atoms with E-state index in [9.17, 15) is 22.8 Å². The molecule has 33 heavy (non-hydrogen) atoms. The quantitative estimate of drug-likeness (QED) is 0.489. The molecule has 0 radical (unpaired) electrons. The molecule has 3 aromatic rings. The van der Waals surface area contributed by atoms with Gasteiger partial charge in [-0.3, -0.25) is 4.79 Å². The number of nitrogens with one attached hydrogen (secondary N) is 2. The van der Waals surface area contributed by atoms with Crippen molar-refractivity contribution in [2.75, 3.05) is 25.6 Å². The zero-order chi connectivity index (χ0) is 24.0. The number of hydrogen-bond donors (Lipinski definition) is 2. The van der Waals surface area contributed by atoms with E-state index in [1.165, 1.54) is 31.4 Å². The summed E-state index contributed by atoms with van der Waals surface area (Å²) in [5.74, 6) is -0.882. The third kappa shape index (κ3) is 5.79. The number of carbonyl (C=O) groups is 2. The van der Waals surface area contributed by atoms with Crippen molar-refractivity contribution in [3.63, 3.8) is 0 Å². The Labute approximate surface area is 185 Å². The highest BCUT2D eigenvalue weighted by Crippen LogP contribution is 2.33. The van der Waals surface area contributed by atoms with Crippen molar-refractivity contribution in [3.8, 4) is 22.8 Å². The fraction of sp³-hybridized carbons (Fsp3) is 0.238. The molecule has 0 saturated heterocycles. The summed E-state index contributed by atoms with van der Waals surface area (Å²) >= 11 is 0. The van der Waals surface area contributed by atoms with Gasteiger partial charge in [0.25, 0.3) is 5.91 Å². The van der Waals surface area contributed by atoms with E-state index in [0.717, 1.165) is 12.1 Å². The van der Waals surface area contributed by atoms with E-state index in [2.05, 4.69) is 20.7 Å². The second-order valence-electron chi connectivity index (χ2n) is 6.52. The lowest BCUT2D eigenvalue weighted by molar-refractivity contribution is -0.137. The van der Waals surface area contributed by atoms with Crippen LogP contribution in [0.3, 0.4) is 0 Å². The van der Waals surface area contributed by atoms with E-state index in [0.29, 0.717) is 5.56 Å². The lowest BCUT2D eigenvalue weighted by atomic mass is 10.1. The molecule has 0 unspecified atom stereocenters. The zero-order valence-electron chi connectivity index (χ0n) is 17.5. The predicted octanol–water partition coefficient (Wildman–Crippen LogP) is 3.69. The summed E-state index contributed by atoms with van der Waals surface area (Å²) in [4.78, 5) is 24.2. The topological polar surface area (TPSA) is 115 Å². The number of benzene rings is 2. The van der Waals surface area contributed by atoms with Crippen LogP contribution in [-0.4, -0.2) is 47.6 Å². The van der Waals surface area contributed by atoms with Crippen molar-refractivity contribution in [1.29, 1.82) is 0 Å². The van der Waals surface area contributed by atoms with Crippen molar-refractivity contribution >= 4 is 17.6 Å². The molecule has 0 fully saturated rings. The summed E-state index contributed by atoms with van der Waals surface area (Å²) in [5, 5.41) is 12.5. The van der Waals surface area contributed by atoms with Gasteiger partial charge in [-0.05, 0) is 43.3 Å². The van der Waals surface area contributed by atoms with Crippen LogP contribution in [0.25, 0.3) is 11.3 Å². The second-order valence-corrected chi connectivity index (χ2v) is 6.52. The van der Waals surface area contributed by atoms with E-state index >= 15 is 0 Å². The van der Waals surface area contributed by atoms with E-state index in [1.54, 1.807) is 13.0 Å². The van der Waals surface area contributed by atoms with Crippen molar-refractivity contribution in [2.24, 2.45) is 0 Å². The molecule has 2 N–H and O–H groups in total. The maximum Gasteiger partial charge on any atom is 0.416 e. The molecule has 0 bridgehead atoms. The van der Waals surface area contributed by atoms with Crippen LogP contribution in [-0.2, 0) is 15.7 Å². The van der Waals surface area contributed by atoms with Gasteiger partial charge >= 0.3 is 12.1 Å². The minimum absolute atomic E-state index is 0.00645. The normalized spacial score (nSPS) is 11.1. The Kier molecular flexibility index (Phi) is 7.16. The molecule has 174 valence electrons. The van der Waals surface area contributed by atoms with Gasteiger partial charge in [-0.1, -0.05) is 6.07 Å². The number of esters is 1. The summed E-state index contributed by atoms with van der Waals surface area (Å²) in [7, 11) is 1.38. The van der Waals surface area contributed by atoms with Crippen LogP contribution < -0.4 is 14.8 Å². The van der Waals surface area contributed by atoms with Crippen molar-refractivity contribution in [1.82, 2.24) is 15.4 Å². The number of H-pyrrole nitrogens is 1. The number of nitrogens with zero attached hydrogens (tertiary/aromatic N) is 2. The first kappa shape index (κ1) is 23.6. The largest absolute Gasteiger partial charge is 0.493 e. The molecule has 12 heteroatoms. The average Bonchev–Trinajstić information content (AvgIpc) is 3.27. The maximum absolute atomic E-state index is 12.8. The van der Waals surface area contributed by atoms with E-state index in [1.807, 2.05) is 0 Å². The van der Waals surface area contributed by atoms with Crippen LogP contribution >= 0.6 is 0 Å². The van der Waals surface area contributed by atoms with Gasteiger partial charge in [0, 0.05) is 11.3 Å². The highest BCUT2D eigenvalue weighted by molar-refractivity contribution is 5.94. The number of hydrogen-bond acceptors (Lipinski definition) is 7. The molecule has 0 aliphatic carbocycles. The molecule has 1 heterocycles. The number of amides is 1. The standard InChI is InChI=1S/C21H19F3N4O5/c1-3-32-20(30)19-18(26-28-27-19)12-7-8-15(16(9-12)31-2)33-11-17(29)25-14-6-4-5-13(10-14)21(22,23)24/h4-10H,3,11H2,1-2H3,(H,25,29)(H,26,27,28). The minimum Gasteiger partial charge on any atom is -0.493 e. The Balaban J connectivity index is 1.70. The third-order valence-corrected chi connectivity index (χ3v) is 4.29. The predicted molar refractivity (Wildman–Crippen MR) is 110 cm³/mol. The van der Waals surface area contributed by atoms with Crippen LogP contribution in [0.5, 0.6) is 11.5 Å². The van der Waals surface area contributed by atoms with Gasteiger partial charge < -0.3 is 19.5 Å². The summed E-state index contributed by atoms with van der Waals surface area (Å²) in [5.41, 5.74) is -0.190. The molecule has 1 amide bonds. The van der Waals surface area contributed by atoms with Gasteiger partial charge in [0.15, 0.2) is 23.8 Å². The lowest BCUT2D eigenvalue weighted by Gasteiger charge is -2.13. The number of methoxy groups -OCH3 is 1. The van der Waals surface area contributed by atoms with Crippen molar-refractivity contribution < 1.29 is 37.0 Å². The molecule has 1 aromatic heterocycles. The summed E-state index contributed by atoms with van der Waals surface area (Å²) in [6, 6.07) is 8.85. The summed E-state index contributed by atoms with van der Waals surface area (Å²) in [6.07, 6.45) is -4.52. The van der Waals surface area contributed by atoms with Gasteiger partial charge in [0.2, 0.25) is 0 Å². The second kappa shape index (κ2) is 10.0. The van der Waals surface area contributed by atoms with Crippen LogP contribution in [0.2, 0.25) is 0 Å². The number of ether oxygens (including phenoxy) is 3. The van der Waals surface area contributed by atoms with Gasteiger partial charge in [-0.25, -0.2) is 4.79 Å². The molecule has 0 aliphatic rings. The molecule has 9 nitrogen and oxygen atoms in total. The first-order valence-electron chi connectivity index (χ1n) is 9.59. The fourth-order valence-corrected chi connectivity index (χ4v) is 2.82. The monoisotopic (exact) mass is 464 g/mol. The Morgan fingerprint density at radius 3 is 2.58 bits per heavy atom.